The van der Waals surface area contributed by atoms with Crippen LogP contribution in [0.3, 0.4) is 0 Å². The van der Waals surface area contributed by atoms with E-state index in [1.807, 2.05) is 0 Å². The Bertz CT molecular complexity index is 432. The first kappa shape index (κ1) is 42.7. The van der Waals surface area contributed by atoms with Crippen molar-refractivity contribution in [3.05, 3.63) is 0 Å². The van der Waals surface area contributed by atoms with Crippen LogP contribution < -0.4 is 0 Å². The predicted molar refractivity (Wildman–Crippen MR) is 160 cm³/mol. The molecule has 0 saturated heterocycles. The average Bonchev–Trinajstić information content (AvgIpc) is 2.94. The lowest BCUT2D eigenvalue weighted by Crippen LogP contribution is -2.15. The largest absolute Gasteiger partial charge is 0.481 e. The van der Waals surface area contributed by atoms with Gasteiger partial charge in [0.05, 0.1) is 26.4 Å². The Hall–Kier alpha value is -0.770. The summed E-state index contributed by atoms with van der Waals surface area (Å²) in [5.41, 5.74) is 0. The lowest BCUT2D eigenvalue weighted by molar-refractivity contribution is -0.138. The maximum Gasteiger partial charge on any atom is 0.303 e. The molecule has 8 heteroatoms. The first-order valence-electron chi connectivity index (χ1n) is 15.8. The summed E-state index contributed by atoms with van der Waals surface area (Å²) < 4.78 is 0. The summed E-state index contributed by atoms with van der Waals surface area (Å²) in [5.74, 6) is -0.191. The van der Waals surface area contributed by atoms with Crippen molar-refractivity contribution in [2.45, 2.75) is 161 Å². The van der Waals surface area contributed by atoms with Crippen LogP contribution in [0.25, 0.3) is 0 Å². The van der Waals surface area contributed by atoms with Gasteiger partial charge in [-0.3, -0.25) is 4.79 Å². The van der Waals surface area contributed by atoms with Gasteiger partial charge in [-0.2, -0.15) is 0 Å². The molecule has 0 aliphatic rings. The molecule has 0 spiro atoms. The van der Waals surface area contributed by atoms with E-state index in [9.17, 15) is 4.79 Å². The fourth-order valence-electron chi connectivity index (χ4n) is 4.20. The Morgan fingerprint density at radius 1 is 0.487 bits per heavy atom. The maximum atomic E-state index is 11.1. The monoisotopic (exact) mass is 566 g/mol. The second-order valence-corrected chi connectivity index (χ2v) is 10.7. The molecule has 0 aliphatic carbocycles. The zero-order valence-electron chi connectivity index (χ0n) is 25.4. The van der Waals surface area contributed by atoms with Crippen molar-refractivity contribution in [2.24, 2.45) is 5.92 Å². The molecule has 1 unspecified atom stereocenters. The SMILES string of the molecule is CCCCCCCCCCCCC(CCCCCCCCCC)CC(=O)O.OCC(O)CO.OCC(O)CO. The molecule has 39 heavy (non-hydrogen) atoms. The highest BCUT2D eigenvalue weighted by atomic mass is 16.4. The molecule has 7 N–H and O–H groups in total. The van der Waals surface area contributed by atoms with Crippen molar-refractivity contribution in [2.75, 3.05) is 26.4 Å². The standard InChI is InChI=1S/C25H50O2.2C3H8O3/c1-3-5-7-9-11-13-14-16-18-20-22-24(23-25(26)27)21-19-17-15-12-10-8-6-4-2;2*4-1-3(6)2-5/h24H,3-23H2,1-2H3,(H,26,27);2*3-6H,1-2H2. The van der Waals surface area contributed by atoms with Gasteiger partial charge in [0.2, 0.25) is 0 Å². The smallest absolute Gasteiger partial charge is 0.303 e. The molecule has 0 rings (SSSR count). The van der Waals surface area contributed by atoms with Crippen LogP contribution in [0.1, 0.15) is 149 Å². The van der Waals surface area contributed by atoms with Crippen LogP contribution in [-0.4, -0.2) is 80.4 Å². The topological polar surface area (TPSA) is 159 Å². The van der Waals surface area contributed by atoms with Crippen molar-refractivity contribution in [3.63, 3.8) is 0 Å². The van der Waals surface area contributed by atoms with E-state index >= 15 is 0 Å². The fraction of sp³-hybridized carbons (Fsp3) is 0.968. The van der Waals surface area contributed by atoms with Gasteiger partial charge in [0, 0.05) is 6.42 Å². The predicted octanol–water partition coefficient (Wildman–Crippen LogP) is 5.58. The highest BCUT2D eigenvalue weighted by Crippen LogP contribution is 2.22. The number of carboxylic acid groups (broad SMARTS) is 1. The van der Waals surface area contributed by atoms with Gasteiger partial charge >= 0.3 is 5.97 Å². The number of aliphatic carboxylic acids is 1. The molecule has 0 aromatic carbocycles. The summed E-state index contributed by atoms with van der Waals surface area (Å²) in [4.78, 5) is 11.1. The molecular formula is C31H66O8. The number of carbonyl (C=O) groups is 1. The minimum absolute atomic E-state index is 0.365. The van der Waals surface area contributed by atoms with Crippen molar-refractivity contribution in [3.8, 4) is 0 Å². The number of hydrogen-bond acceptors (Lipinski definition) is 7. The highest BCUT2D eigenvalue weighted by molar-refractivity contribution is 5.66. The van der Waals surface area contributed by atoms with Gasteiger partial charge in [-0.05, 0) is 18.8 Å². The third-order valence-electron chi connectivity index (χ3n) is 6.74. The summed E-state index contributed by atoms with van der Waals surface area (Å²) >= 11 is 0. The lowest BCUT2D eigenvalue weighted by atomic mass is 9.91. The zero-order chi connectivity index (χ0) is 30.0. The third kappa shape index (κ3) is 41.8. The summed E-state index contributed by atoms with van der Waals surface area (Å²) in [6, 6.07) is 0. The van der Waals surface area contributed by atoms with E-state index in [4.69, 9.17) is 35.7 Å². The molecule has 0 aromatic heterocycles. The Balaban J connectivity index is -0.000000889. The fourth-order valence-corrected chi connectivity index (χ4v) is 4.20. The Morgan fingerprint density at radius 2 is 0.744 bits per heavy atom. The second kappa shape index (κ2) is 37.2. The van der Waals surface area contributed by atoms with Crippen molar-refractivity contribution < 1.29 is 40.5 Å². The van der Waals surface area contributed by atoms with Gasteiger partial charge in [0.1, 0.15) is 12.2 Å². The van der Waals surface area contributed by atoms with E-state index in [1.165, 1.54) is 116 Å². The van der Waals surface area contributed by atoms with Gasteiger partial charge in [-0.25, -0.2) is 0 Å². The second-order valence-electron chi connectivity index (χ2n) is 10.7. The van der Waals surface area contributed by atoms with Crippen molar-refractivity contribution >= 4 is 5.97 Å². The van der Waals surface area contributed by atoms with Crippen LogP contribution >= 0.6 is 0 Å². The molecular weight excluding hydrogens is 500 g/mol. The van der Waals surface area contributed by atoms with E-state index in [0.717, 1.165) is 12.8 Å². The maximum absolute atomic E-state index is 11.1. The van der Waals surface area contributed by atoms with Crippen LogP contribution in [-0.2, 0) is 4.79 Å². The van der Waals surface area contributed by atoms with E-state index in [1.54, 1.807) is 0 Å². The minimum atomic E-state index is -0.954. The molecule has 8 nitrogen and oxygen atoms in total. The normalized spacial score (nSPS) is 11.6. The van der Waals surface area contributed by atoms with Gasteiger partial charge in [0.25, 0.3) is 0 Å². The average molecular weight is 567 g/mol. The third-order valence-corrected chi connectivity index (χ3v) is 6.74. The Morgan fingerprint density at radius 3 is 0.949 bits per heavy atom. The van der Waals surface area contributed by atoms with E-state index in [0.29, 0.717) is 12.3 Å². The number of unbranched alkanes of at least 4 members (excludes halogenated alkanes) is 16. The van der Waals surface area contributed by atoms with Crippen LogP contribution in [0.4, 0.5) is 0 Å². The molecule has 0 aliphatic heterocycles. The number of hydrogen-bond donors (Lipinski definition) is 7. The van der Waals surface area contributed by atoms with Crippen molar-refractivity contribution in [1.29, 1.82) is 0 Å². The molecule has 0 aromatic rings. The van der Waals surface area contributed by atoms with Gasteiger partial charge in [0.15, 0.2) is 0 Å². The summed E-state index contributed by atoms with van der Waals surface area (Å²) in [5, 5.41) is 57.2. The summed E-state index contributed by atoms with van der Waals surface area (Å²) in [6.45, 7) is 3.07. The molecule has 0 bridgehead atoms. The van der Waals surface area contributed by atoms with Crippen LogP contribution in [0.5, 0.6) is 0 Å². The molecule has 1 atom stereocenters. The Kier molecular flexibility index (Phi) is 40.8. The number of aliphatic hydroxyl groups is 6. The first-order valence-corrected chi connectivity index (χ1v) is 15.8. The molecule has 0 fully saturated rings. The van der Waals surface area contributed by atoms with Gasteiger partial charge < -0.3 is 35.7 Å². The summed E-state index contributed by atoms with van der Waals surface area (Å²) in [7, 11) is 0. The quantitative estimate of drug-likeness (QED) is 0.0668. The first-order chi connectivity index (χ1) is 18.8. The van der Waals surface area contributed by atoms with Crippen LogP contribution in [0.15, 0.2) is 0 Å². The van der Waals surface area contributed by atoms with E-state index in [2.05, 4.69) is 13.8 Å². The van der Waals surface area contributed by atoms with Crippen LogP contribution in [0, 0.1) is 5.92 Å². The molecule has 0 radical (unpaired) electrons. The van der Waals surface area contributed by atoms with Gasteiger partial charge in [-0.1, -0.05) is 129 Å². The lowest BCUT2D eigenvalue weighted by Gasteiger charge is -2.14. The minimum Gasteiger partial charge on any atom is -0.481 e. The molecule has 0 saturated carbocycles. The molecule has 0 heterocycles. The van der Waals surface area contributed by atoms with Gasteiger partial charge in [-0.15, -0.1) is 0 Å². The highest BCUT2D eigenvalue weighted by Gasteiger charge is 2.12. The number of rotatable bonds is 26. The molecule has 0 amide bonds. The van der Waals surface area contributed by atoms with E-state index < -0.39 is 18.2 Å². The zero-order valence-corrected chi connectivity index (χ0v) is 25.4. The van der Waals surface area contributed by atoms with Crippen LogP contribution in [0.2, 0.25) is 0 Å². The molecule has 238 valence electrons. The summed E-state index contributed by atoms with van der Waals surface area (Å²) in [6.07, 6.45) is 25.0. The number of aliphatic hydroxyl groups excluding tert-OH is 6. The van der Waals surface area contributed by atoms with E-state index in [-0.39, 0.29) is 26.4 Å². The Labute approximate surface area is 239 Å². The number of carboxylic acids is 1. The van der Waals surface area contributed by atoms with Crippen molar-refractivity contribution in [1.82, 2.24) is 0 Å².